The van der Waals surface area contributed by atoms with Crippen LogP contribution in [0.3, 0.4) is 0 Å². The Morgan fingerprint density at radius 2 is 2.64 bits per heavy atom. The van der Waals surface area contributed by atoms with E-state index in [9.17, 15) is 5.11 Å². The van der Waals surface area contributed by atoms with Crippen LogP contribution in [0, 0.1) is 0 Å². The molecule has 0 aliphatic carbocycles. The summed E-state index contributed by atoms with van der Waals surface area (Å²) in [5.74, 6) is 2.74. The van der Waals surface area contributed by atoms with Crippen LogP contribution in [-0.4, -0.2) is 47.3 Å². The number of thioether (sulfide) groups is 1. The first kappa shape index (κ1) is 10.1. The average molecular weight is 215 g/mol. The molecule has 1 fully saturated rings. The van der Waals surface area contributed by atoms with Gasteiger partial charge in [0.15, 0.2) is 5.96 Å². The molecular weight excluding hydrogens is 198 g/mol. The Morgan fingerprint density at radius 3 is 3.21 bits per heavy atom. The predicted octanol–water partition coefficient (Wildman–Crippen LogP) is -0.208. The minimum absolute atomic E-state index is 0.421. The summed E-state index contributed by atoms with van der Waals surface area (Å²) in [6.45, 7) is 3.53. The lowest BCUT2D eigenvalue weighted by Gasteiger charge is -2.22. The van der Waals surface area contributed by atoms with E-state index in [1.54, 1.807) is 0 Å². The van der Waals surface area contributed by atoms with Crippen LogP contribution in [-0.2, 0) is 0 Å². The topological polar surface area (TPSA) is 56.7 Å². The first-order chi connectivity index (χ1) is 6.68. The molecular formula is C9H17N3OS. The fourth-order valence-corrected chi connectivity index (χ4v) is 2.94. The largest absolute Gasteiger partial charge is 0.387 e. The van der Waals surface area contributed by atoms with E-state index in [1.165, 1.54) is 0 Å². The van der Waals surface area contributed by atoms with Crippen molar-refractivity contribution in [1.82, 2.24) is 10.6 Å². The highest BCUT2D eigenvalue weighted by molar-refractivity contribution is 7.99. The maximum absolute atomic E-state index is 10.1. The molecule has 0 amide bonds. The summed E-state index contributed by atoms with van der Waals surface area (Å²) in [5, 5.41) is 16.4. The summed E-state index contributed by atoms with van der Waals surface area (Å²) in [5.41, 5.74) is -0.527. The summed E-state index contributed by atoms with van der Waals surface area (Å²) in [6.07, 6.45) is 0.882. The number of rotatable bonds is 2. The molecule has 2 aliphatic rings. The Morgan fingerprint density at radius 1 is 1.79 bits per heavy atom. The first-order valence-electron chi connectivity index (χ1n) is 5.03. The van der Waals surface area contributed by atoms with Crippen LogP contribution >= 0.6 is 11.8 Å². The molecule has 0 aromatic heterocycles. The van der Waals surface area contributed by atoms with Gasteiger partial charge in [-0.05, 0) is 19.1 Å². The van der Waals surface area contributed by atoms with Gasteiger partial charge in [0, 0.05) is 18.3 Å². The van der Waals surface area contributed by atoms with E-state index < -0.39 is 5.60 Å². The van der Waals surface area contributed by atoms with Crippen LogP contribution in [0.2, 0.25) is 0 Å². The monoisotopic (exact) mass is 215 g/mol. The van der Waals surface area contributed by atoms with Crippen LogP contribution in [0.4, 0.5) is 0 Å². The first-order valence-corrected chi connectivity index (χ1v) is 6.18. The normalized spacial score (nSPS) is 36.7. The standard InChI is InChI=1S/C9H17N3OS/c1-7-4-10-8(12-7)11-5-9(13)2-3-14-6-9/h7,13H,2-6H2,1H3,(H2,10,11,12). The Labute approximate surface area is 88.6 Å². The van der Waals surface area contributed by atoms with Gasteiger partial charge in [0.05, 0.1) is 12.1 Å². The van der Waals surface area contributed by atoms with Crippen LogP contribution in [0.15, 0.2) is 4.99 Å². The van der Waals surface area contributed by atoms with E-state index in [-0.39, 0.29) is 0 Å². The zero-order valence-electron chi connectivity index (χ0n) is 8.42. The highest BCUT2D eigenvalue weighted by Gasteiger charge is 2.32. The summed E-state index contributed by atoms with van der Waals surface area (Å²) >= 11 is 1.81. The van der Waals surface area contributed by atoms with Gasteiger partial charge in [-0.2, -0.15) is 11.8 Å². The number of nitrogens with one attached hydrogen (secondary N) is 2. The van der Waals surface area contributed by atoms with Gasteiger partial charge in [-0.1, -0.05) is 0 Å². The number of guanidine groups is 1. The summed E-state index contributed by atoms with van der Waals surface area (Å²) < 4.78 is 0. The van der Waals surface area contributed by atoms with Crippen LogP contribution in [0.1, 0.15) is 13.3 Å². The minimum atomic E-state index is -0.527. The average Bonchev–Trinajstić information content (AvgIpc) is 2.73. The Balaban J connectivity index is 1.77. The minimum Gasteiger partial charge on any atom is -0.387 e. The van der Waals surface area contributed by atoms with E-state index in [4.69, 9.17) is 0 Å². The van der Waals surface area contributed by atoms with Gasteiger partial charge < -0.3 is 15.7 Å². The summed E-state index contributed by atoms with van der Waals surface area (Å²) in [7, 11) is 0. The molecule has 2 rings (SSSR count). The zero-order valence-corrected chi connectivity index (χ0v) is 9.23. The third-order valence-corrected chi connectivity index (χ3v) is 3.81. The Kier molecular flexibility index (Phi) is 2.88. The third-order valence-electron chi connectivity index (χ3n) is 2.57. The van der Waals surface area contributed by atoms with Gasteiger partial charge in [-0.3, -0.25) is 4.99 Å². The number of aliphatic imine (C=N–C) groups is 1. The molecule has 14 heavy (non-hydrogen) atoms. The van der Waals surface area contributed by atoms with Gasteiger partial charge in [-0.25, -0.2) is 0 Å². The van der Waals surface area contributed by atoms with Crippen molar-refractivity contribution in [2.45, 2.75) is 25.0 Å². The van der Waals surface area contributed by atoms with Crippen molar-refractivity contribution in [3.63, 3.8) is 0 Å². The maximum Gasteiger partial charge on any atom is 0.191 e. The molecule has 5 heteroatoms. The summed E-state index contributed by atoms with van der Waals surface area (Å²) in [6, 6.07) is 0.421. The quantitative estimate of drug-likeness (QED) is 0.597. The molecule has 1 saturated heterocycles. The molecule has 2 unspecified atom stereocenters. The van der Waals surface area contributed by atoms with Crippen molar-refractivity contribution in [3.8, 4) is 0 Å². The lowest BCUT2D eigenvalue weighted by Crippen LogP contribution is -2.47. The number of hydrogen-bond acceptors (Lipinski definition) is 5. The molecule has 0 radical (unpaired) electrons. The molecule has 2 aliphatic heterocycles. The lowest BCUT2D eigenvalue weighted by molar-refractivity contribution is 0.0725. The Bertz CT molecular complexity index is 238. The Hall–Kier alpha value is -0.420. The highest BCUT2D eigenvalue weighted by atomic mass is 32.2. The van der Waals surface area contributed by atoms with Gasteiger partial charge in [0.2, 0.25) is 0 Å². The number of aliphatic hydroxyl groups is 1. The van der Waals surface area contributed by atoms with Gasteiger partial charge >= 0.3 is 0 Å². The molecule has 80 valence electrons. The smallest absolute Gasteiger partial charge is 0.191 e. The lowest BCUT2D eigenvalue weighted by atomic mass is 10.0. The summed E-state index contributed by atoms with van der Waals surface area (Å²) in [4.78, 5) is 4.29. The molecule has 0 bridgehead atoms. The maximum atomic E-state index is 10.1. The molecule has 3 N–H and O–H groups in total. The van der Waals surface area contributed by atoms with E-state index in [0.717, 1.165) is 30.4 Å². The third kappa shape index (κ3) is 2.33. The van der Waals surface area contributed by atoms with Crippen LogP contribution < -0.4 is 10.6 Å². The van der Waals surface area contributed by atoms with Crippen molar-refractivity contribution < 1.29 is 5.11 Å². The molecule has 0 aromatic rings. The zero-order chi connectivity index (χ0) is 10.0. The van der Waals surface area contributed by atoms with Crippen molar-refractivity contribution in [3.05, 3.63) is 0 Å². The van der Waals surface area contributed by atoms with Crippen LogP contribution in [0.25, 0.3) is 0 Å². The molecule has 4 nitrogen and oxygen atoms in total. The fraction of sp³-hybridized carbons (Fsp3) is 0.889. The molecule has 2 atom stereocenters. The molecule has 0 aromatic carbocycles. The van der Waals surface area contributed by atoms with Crippen molar-refractivity contribution >= 4 is 17.7 Å². The molecule has 0 spiro atoms. The van der Waals surface area contributed by atoms with E-state index in [0.29, 0.717) is 12.6 Å². The van der Waals surface area contributed by atoms with Crippen LogP contribution in [0.5, 0.6) is 0 Å². The van der Waals surface area contributed by atoms with Gasteiger partial charge in [0.1, 0.15) is 0 Å². The molecule has 2 heterocycles. The van der Waals surface area contributed by atoms with Gasteiger partial charge in [-0.15, -0.1) is 0 Å². The van der Waals surface area contributed by atoms with E-state index >= 15 is 0 Å². The number of hydrogen-bond donors (Lipinski definition) is 3. The van der Waals surface area contributed by atoms with E-state index in [1.807, 2.05) is 11.8 Å². The predicted molar refractivity (Wildman–Crippen MR) is 59.8 cm³/mol. The number of nitrogens with zero attached hydrogens (tertiary/aromatic N) is 1. The fourth-order valence-electron chi connectivity index (χ4n) is 1.64. The van der Waals surface area contributed by atoms with E-state index in [2.05, 4.69) is 22.5 Å². The SMILES string of the molecule is CC1CN=C(NCC2(O)CCSC2)N1. The highest BCUT2D eigenvalue weighted by Crippen LogP contribution is 2.26. The van der Waals surface area contributed by atoms with Crippen molar-refractivity contribution in [2.24, 2.45) is 4.99 Å². The van der Waals surface area contributed by atoms with Crippen molar-refractivity contribution in [1.29, 1.82) is 0 Å². The second-order valence-corrected chi connectivity index (χ2v) is 5.22. The second-order valence-electron chi connectivity index (χ2n) is 4.12. The molecule has 0 saturated carbocycles. The van der Waals surface area contributed by atoms with Crippen molar-refractivity contribution in [2.75, 3.05) is 24.6 Å². The second kappa shape index (κ2) is 3.98. The van der Waals surface area contributed by atoms with Gasteiger partial charge in [0.25, 0.3) is 0 Å².